The van der Waals surface area contributed by atoms with Crippen molar-refractivity contribution < 1.29 is 4.74 Å². The Morgan fingerprint density at radius 2 is 1.88 bits per heavy atom. The minimum Gasteiger partial charge on any atom is -0.378 e. The highest BCUT2D eigenvalue weighted by molar-refractivity contribution is 4.61. The van der Waals surface area contributed by atoms with Gasteiger partial charge in [-0.3, -0.25) is 0 Å². The summed E-state index contributed by atoms with van der Waals surface area (Å²) in [6.07, 6.45) is 5.16. The van der Waals surface area contributed by atoms with Crippen molar-refractivity contribution in [2.75, 3.05) is 19.7 Å². The van der Waals surface area contributed by atoms with E-state index in [9.17, 15) is 0 Å². The lowest BCUT2D eigenvalue weighted by atomic mass is 9.93. The van der Waals surface area contributed by atoms with E-state index in [1.807, 2.05) is 0 Å². The van der Waals surface area contributed by atoms with Gasteiger partial charge in [-0.2, -0.15) is 0 Å². The van der Waals surface area contributed by atoms with E-state index in [0.29, 0.717) is 11.5 Å². The van der Waals surface area contributed by atoms with E-state index < -0.39 is 0 Å². The Morgan fingerprint density at radius 1 is 1.19 bits per heavy atom. The van der Waals surface area contributed by atoms with Gasteiger partial charge in [0.2, 0.25) is 0 Å². The lowest BCUT2D eigenvalue weighted by Crippen LogP contribution is -2.19. The molecule has 0 spiro atoms. The summed E-state index contributed by atoms with van der Waals surface area (Å²) in [5, 5.41) is 3.42. The third kappa shape index (κ3) is 12.0. The van der Waals surface area contributed by atoms with Gasteiger partial charge in [0.25, 0.3) is 0 Å². The molecule has 1 atom stereocenters. The topological polar surface area (TPSA) is 21.3 Å². The Balaban J connectivity index is 3.28. The number of hydrogen-bond acceptors (Lipinski definition) is 2. The third-order valence-electron chi connectivity index (χ3n) is 2.65. The highest BCUT2D eigenvalue weighted by Gasteiger charge is 2.10. The van der Waals surface area contributed by atoms with Crippen molar-refractivity contribution in [3.63, 3.8) is 0 Å². The van der Waals surface area contributed by atoms with Crippen molar-refractivity contribution in [2.24, 2.45) is 5.41 Å². The first-order valence-corrected chi connectivity index (χ1v) is 6.78. The van der Waals surface area contributed by atoms with E-state index in [1.54, 1.807) is 0 Å². The maximum atomic E-state index is 5.80. The molecule has 0 aromatic rings. The predicted molar refractivity (Wildman–Crippen MR) is 71.9 cm³/mol. The molecule has 0 amide bonds. The average molecular weight is 229 g/mol. The molecule has 0 fully saturated rings. The Kier molecular flexibility index (Phi) is 8.96. The summed E-state index contributed by atoms with van der Waals surface area (Å²) < 4.78 is 5.80. The zero-order chi connectivity index (χ0) is 12.4. The normalized spacial score (nSPS) is 14.1. The number of ether oxygens (including phenoxy) is 1. The molecule has 0 bridgehead atoms. The van der Waals surface area contributed by atoms with Crippen LogP contribution in [0, 0.1) is 5.41 Å². The van der Waals surface area contributed by atoms with Crippen LogP contribution in [0.4, 0.5) is 0 Å². The first kappa shape index (κ1) is 15.9. The van der Waals surface area contributed by atoms with Crippen LogP contribution in [0.5, 0.6) is 0 Å². The average Bonchev–Trinajstić information content (AvgIpc) is 2.15. The van der Waals surface area contributed by atoms with Crippen LogP contribution in [0.3, 0.4) is 0 Å². The Hall–Kier alpha value is -0.0800. The van der Waals surface area contributed by atoms with E-state index in [-0.39, 0.29) is 0 Å². The van der Waals surface area contributed by atoms with Crippen LogP contribution in [-0.2, 0) is 4.74 Å². The Bertz CT molecular complexity index is 151. The molecule has 0 rings (SSSR count). The molecule has 0 aliphatic rings. The summed E-state index contributed by atoms with van der Waals surface area (Å²) in [5.74, 6) is 0. The second-order valence-electron chi connectivity index (χ2n) is 5.88. The van der Waals surface area contributed by atoms with Gasteiger partial charge >= 0.3 is 0 Å². The SMILES string of the molecule is CCCNCCCC(C)OCCC(C)(C)C. The maximum absolute atomic E-state index is 5.80. The smallest absolute Gasteiger partial charge is 0.0547 e. The molecule has 16 heavy (non-hydrogen) atoms. The molecule has 0 aromatic heterocycles. The fourth-order valence-electron chi connectivity index (χ4n) is 1.47. The number of rotatable bonds is 9. The Labute approximate surface area is 102 Å². The highest BCUT2D eigenvalue weighted by atomic mass is 16.5. The second kappa shape index (κ2) is 9.00. The van der Waals surface area contributed by atoms with Gasteiger partial charge in [-0.25, -0.2) is 0 Å². The van der Waals surface area contributed by atoms with Crippen molar-refractivity contribution in [2.45, 2.75) is 66.4 Å². The molecule has 1 unspecified atom stereocenters. The third-order valence-corrected chi connectivity index (χ3v) is 2.65. The van der Waals surface area contributed by atoms with E-state index in [2.05, 4.69) is 39.9 Å². The molecule has 0 aliphatic heterocycles. The van der Waals surface area contributed by atoms with Gasteiger partial charge in [0.05, 0.1) is 6.10 Å². The lowest BCUT2D eigenvalue weighted by Gasteiger charge is -2.20. The molecule has 0 aromatic carbocycles. The fourth-order valence-corrected chi connectivity index (χ4v) is 1.47. The zero-order valence-corrected chi connectivity index (χ0v) is 11.9. The lowest BCUT2D eigenvalue weighted by molar-refractivity contribution is 0.0430. The van der Waals surface area contributed by atoms with Gasteiger partial charge in [-0.15, -0.1) is 0 Å². The van der Waals surface area contributed by atoms with E-state index >= 15 is 0 Å². The molecule has 0 heterocycles. The van der Waals surface area contributed by atoms with Crippen LogP contribution in [0.15, 0.2) is 0 Å². The van der Waals surface area contributed by atoms with Crippen molar-refractivity contribution in [1.82, 2.24) is 5.32 Å². The summed E-state index contributed by atoms with van der Waals surface area (Å²) in [6, 6.07) is 0. The van der Waals surface area contributed by atoms with E-state index in [4.69, 9.17) is 4.74 Å². The van der Waals surface area contributed by atoms with Gasteiger partial charge in [-0.05, 0) is 51.1 Å². The largest absolute Gasteiger partial charge is 0.378 e. The molecule has 0 saturated carbocycles. The van der Waals surface area contributed by atoms with Crippen LogP contribution in [0.2, 0.25) is 0 Å². The standard InChI is InChI=1S/C14H31NO/c1-6-10-15-11-7-8-13(2)16-12-9-14(3,4)5/h13,15H,6-12H2,1-5H3. The van der Waals surface area contributed by atoms with E-state index in [0.717, 1.165) is 26.1 Å². The molecule has 2 nitrogen and oxygen atoms in total. The number of nitrogens with one attached hydrogen (secondary N) is 1. The first-order valence-electron chi connectivity index (χ1n) is 6.78. The van der Waals surface area contributed by atoms with Crippen LogP contribution >= 0.6 is 0 Å². The zero-order valence-electron chi connectivity index (χ0n) is 11.9. The second-order valence-corrected chi connectivity index (χ2v) is 5.88. The van der Waals surface area contributed by atoms with Crippen molar-refractivity contribution in [3.05, 3.63) is 0 Å². The highest BCUT2D eigenvalue weighted by Crippen LogP contribution is 2.18. The summed E-state index contributed by atoms with van der Waals surface area (Å²) in [6.45, 7) is 14.3. The first-order chi connectivity index (χ1) is 7.45. The van der Waals surface area contributed by atoms with Gasteiger partial charge < -0.3 is 10.1 Å². The van der Waals surface area contributed by atoms with Crippen LogP contribution in [0.1, 0.15) is 60.3 Å². The van der Waals surface area contributed by atoms with Crippen LogP contribution < -0.4 is 5.32 Å². The van der Waals surface area contributed by atoms with Crippen LogP contribution in [0.25, 0.3) is 0 Å². The minimum atomic E-state index is 0.391. The summed E-state index contributed by atoms with van der Waals surface area (Å²) >= 11 is 0. The summed E-state index contributed by atoms with van der Waals surface area (Å²) in [7, 11) is 0. The minimum absolute atomic E-state index is 0.391. The number of hydrogen-bond donors (Lipinski definition) is 1. The van der Waals surface area contributed by atoms with Crippen LogP contribution in [-0.4, -0.2) is 25.8 Å². The quantitative estimate of drug-likeness (QED) is 0.610. The van der Waals surface area contributed by atoms with E-state index in [1.165, 1.54) is 19.3 Å². The molecule has 98 valence electrons. The summed E-state index contributed by atoms with van der Waals surface area (Å²) in [4.78, 5) is 0. The van der Waals surface area contributed by atoms with Gasteiger partial charge in [0.1, 0.15) is 0 Å². The van der Waals surface area contributed by atoms with Crippen molar-refractivity contribution >= 4 is 0 Å². The molecular weight excluding hydrogens is 198 g/mol. The predicted octanol–water partition coefficient (Wildman–Crippen LogP) is 3.61. The molecule has 0 aliphatic carbocycles. The monoisotopic (exact) mass is 229 g/mol. The Morgan fingerprint density at radius 3 is 2.44 bits per heavy atom. The van der Waals surface area contributed by atoms with Gasteiger partial charge in [0.15, 0.2) is 0 Å². The van der Waals surface area contributed by atoms with Crippen molar-refractivity contribution in [1.29, 1.82) is 0 Å². The maximum Gasteiger partial charge on any atom is 0.0547 e. The molecule has 0 radical (unpaired) electrons. The van der Waals surface area contributed by atoms with Gasteiger partial charge in [-0.1, -0.05) is 27.7 Å². The van der Waals surface area contributed by atoms with Crippen molar-refractivity contribution in [3.8, 4) is 0 Å². The molecule has 0 saturated heterocycles. The fraction of sp³-hybridized carbons (Fsp3) is 1.00. The molecular formula is C14H31NO. The van der Waals surface area contributed by atoms with Gasteiger partial charge in [0, 0.05) is 6.61 Å². The summed E-state index contributed by atoms with van der Waals surface area (Å²) in [5.41, 5.74) is 0.391. The molecule has 2 heteroatoms. The molecule has 1 N–H and O–H groups in total.